The molecule has 2 aromatic rings. The number of amides is 1. The largest absolute Gasteiger partial charge is 0.494 e. The van der Waals surface area contributed by atoms with E-state index in [1.807, 2.05) is 6.92 Å². The Hall–Kier alpha value is -3.09. The van der Waals surface area contributed by atoms with Crippen LogP contribution in [0.3, 0.4) is 0 Å². The maximum absolute atomic E-state index is 13.5. The number of halogens is 1. The van der Waals surface area contributed by atoms with Crippen LogP contribution in [-0.2, 0) is 14.3 Å². The van der Waals surface area contributed by atoms with Crippen LogP contribution in [0.1, 0.15) is 13.8 Å². The molecule has 0 aromatic heterocycles. The van der Waals surface area contributed by atoms with Crippen molar-refractivity contribution < 1.29 is 28.2 Å². The van der Waals surface area contributed by atoms with Crippen molar-refractivity contribution in [2.75, 3.05) is 18.5 Å². The van der Waals surface area contributed by atoms with E-state index in [-0.39, 0.29) is 12.3 Å². The first-order chi connectivity index (χ1) is 12.5. The minimum atomic E-state index is -1.09. The average molecular weight is 361 g/mol. The van der Waals surface area contributed by atoms with E-state index in [0.717, 1.165) is 0 Å². The minimum absolute atomic E-state index is 0.0195. The van der Waals surface area contributed by atoms with Gasteiger partial charge in [0.25, 0.3) is 5.91 Å². The molecule has 0 bridgehead atoms. The predicted molar refractivity (Wildman–Crippen MR) is 93.7 cm³/mol. The highest BCUT2D eigenvalue weighted by atomic mass is 19.1. The van der Waals surface area contributed by atoms with Gasteiger partial charge < -0.3 is 19.5 Å². The fraction of sp³-hybridized carbons (Fsp3) is 0.263. The lowest BCUT2D eigenvalue weighted by Gasteiger charge is -2.14. The first-order valence-electron chi connectivity index (χ1n) is 8.10. The summed E-state index contributed by atoms with van der Waals surface area (Å²) in [5.74, 6) is -0.757. The highest BCUT2D eigenvalue weighted by molar-refractivity contribution is 5.95. The standard InChI is InChI=1S/C19H20FNO5/c1-3-24-14-8-10-15(11-9-14)25-12-18(22)26-13(2)19(23)21-17-7-5-4-6-16(17)20/h4-11,13H,3,12H2,1-2H3,(H,21,23)/t13-/m0/s1. The maximum atomic E-state index is 13.5. The lowest BCUT2D eigenvalue weighted by molar-refractivity contribution is -0.155. The normalized spacial score (nSPS) is 11.3. The molecule has 0 saturated carbocycles. The van der Waals surface area contributed by atoms with Gasteiger partial charge in [-0.1, -0.05) is 12.1 Å². The van der Waals surface area contributed by atoms with Crippen molar-refractivity contribution in [2.45, 2.75) is 20.0 Å². The quantitative estimate of drug-likeness (QED) is 0.731. The minimum Gasteiger partial charge on any atom is -0.494 e. The number of carbonyl (C=O) groups is 2. The maximum Gasteiger partial charge on any atom is 0.344 e. The van der Waals surface area contributed by atoms with Crippen LogP contribution in [0.15, 0.2) is 48.5 Å². The molecular weight excluding hydrogens is 341 g/mol. The van der Waals surface area contributed by atoms with Crippen LogP contribution >= 0.6 is 0 Å². The average Bonchev–Trinajstić information content (AvgIpc) is 2.63. The molecule has 1 amide bonds. The van der Waals surface area contributed by atoms with Gasteiger partial charge in [0.1, 0.15) is 17.3 Å². The second kappa shape index (κ2) is 9.41. The van der Waals surface area contributed by atoms with Crippen LogP contribution in [0.25, 0.3) is 0 Å². The van der Waals surface area contributed by atoms with E-state index < -0.39 is 23.8 Å². The summed E-state index contributed by atoms with van der Waals surface area (Å²) in [7, 11) is 0. The van der Waals surface area contributed by atoms with Gasteiger partial charge in [0.05, 0.1) is 12.3 Å². The summed E-state index contributed by atoms with van der Waals surface area (Å²) >= 11 is 0. The molecule has 0 unspecified atom stereocenters. The fourth-order valence-corrected chi connectivity index (χ4v) is 2.02. The van der Waals surface area contributed by atoms with Crippen LogP contribution < -0.4 is 14.8 Å². The van der Waals surface area contributed by atoms with E-state index in [0.29, 0.717) is 18.1 Å². The van der Waals surface area contributed by atoms with Gasteiger partial charge in [-0.2, -0.15) is 0 Å². The van der Waals surface area contributed by atoms with Gasteiger partial charge in [-0.3, -0.25) is 4.79 Å². The van der Waals surface area contributed by atoms with Crippen LogP contribution in [0.5, 0.6) is 11.5 Å². The van der Waals surface area contributed by atoms with E-state index >= 15 is 0 Å². The molecule has 6 nitrogen and oxygen atoms in total. The summed E-state index contributed by atoms with van der Waals surface area (Å²) in [5.41, 5.74) is 0.0195. The van der Waals surface area contributed by atoms with Gasteiger partial charge in [-0.15, -0.1) is 0 Å². The van der Waals surface area contributed by atoms with Crippen LogP contribution in [0, 0.1) is 5.82 Å². The van der Waals surface area contributed by atoms with Crippen molar-refractivity contribution in [3.05, 3.63) is 54.3 Å². The Morgan fingerprint density at radius 1 is 1.04 bits per heavy atom. The Morgan fingerprint density at radius 2 is 1.65 bits per heavy atom. The topological polar surface area (TPSA) is 73.9 Å². The number of esters is 1. The summed E-state index contributed by atoms with van der Waals surface area (Å²) in [5, 5.41) is 2.36. The third-order valence-corrected chi connectivity index (χ3v) is 3.30. The van der Waals surface area contributed by atoms with Crippen molar-refractivity contribution in [1.29, 1.82) is 0 Å². The number of para-hydroxylation sites is 1. The van der Waals surface area contributed by atoms with Gasteiger partial charge in [0.2, 0.25) is 0 Å². The number of ether oxygens (including phenoxy) is 3. The van der Waals surface area contributed by atoms with E-state index in [1.165, 1.54) is 25.1 Å². The van der Waals surface area contributed by atoms with Gasteiger partial charge in [-0.05, 0) is 50.2 Å². The second-order valence-corrected chi connectivity index (χ2v) is 5.29. The van der Waals surface area contributed by atoms with Gasteiger partial charge in [0.15, 0.2) is 12.7 Å². The van der Waals surface area contributed by atoms with Crippen molar-refractivity contribution in [2.24, 2.45) is 0 Å². The molecule has 1 atom stereocenters. The SMILES string of the molecule is CCOc1ccc(OCC(=O)O[C@@H](C)C(=O)Nc2ccccc2F)cc1. The lowest BCUT2D eigenvalue weighted by atomic mass is 10.3. The van der Waals surface area contributed by atoms with E-state index in [4.69, 9.17) is 14.2 Å². The highest BCUT2D eigenvalue weighted by Crippen LogP contribution is 2.17. The Kier molecular flexibility index (Phi) is 6.96. The molecule has 0 heterocycles. The van der Waals surface area contributed by atoms with E-state index in [1.54, 1.807) is 30.3 Å². The van der Waals surface area contributed by atoms with Crippen LogP contribution in [0.2, 0.25) is 0 Å². The van der Waals surface area contributed by atoms with Crippen molar-refractivity contribution >= 4 is 17.6 Å². The molecule has 0 radical (unpaired) electrons. The third-order valence-electron chi connectivity index (χ3n) is 3.30. The second-order valence-electron chi connectivity index (χ2n) is 5.29. The molecule has 0 saturated heterocycles. The molecule has 2 aromatic carbocycles. The number of benzene rings is 2. The van der Waals surface area contributed by atoms with Gasteiger partial charge in [-0.25, -0.2) is 9.18 Å². The van der Waals surface area contributed by atoms with Crippen LogP contribution in [-0.4, -0.2) is 31.2 Å². The number of anilines is 1. The van der Waals surface area contributed by atoms with Gasteiger partial charge in [0, 0.05) is 0 Å². The molecule has 0 aliphatic heterocycles. The monoisotopic (exact) mass is 361 g/mol. The van der Waals surface area contributed by atoms with Crippen LogP contribution in [0.4, 0.5) is 10.1 Å². The smallest absolute Gasteiger partial charge is 0.344 e. The first kappa shape index (κ1) is 19.2. The number of carbonyl (C=O) groups excluding carboxylic acids is 2. The predicted octanol–water partition coefficient (Wildman–Crippen LogP) is 3.17. The van der Waals surface area contributed by atoms with Crippen molar-refractivity contribution in [3.8, 4) is 11.5 Å². The zero-order chi connectivity index (χ0) is 18.9. The van der Waals surface area contributed by atoms with Crippen molar-refractivity contribution in [1.82, 2.24) is 0 Å². The molecular formula is C19H20FNO5. The Morgan fingerprint density at radius 3 is 2.27 bits per heavy atom. The summed E-state index contributed by atoms with van der Waals surface area (Å²) < 4.78 is 29.1. The summed E-state index contributed by atoms with van der Waals surface area (Å²) in [6.07, 6.45) is -1.09. The number of hydrogen-bond donors (Lipinski definition) is 1. The summed E-state index contributed by atoms with van der Waals surface area (Å²) in [6.45, 7) is 3.47. The summed E-state index contributed by atoms with van der Waals surface area (Å²) in [4.78, 5) is 23.8. The van der Waals surface area contributed by atoms with Crippen molar-refractivity contribution in [3.63, 3.8) is 0 Å². The number of nitrogens with one attached hydrogen (secondary N) is 1. The molecule has 2 rings (SSSR count). The molecule has 0 aliphatic carbocycles. The molecule has 0 aliphatic rings. The molecule has 0 spiro atoms. The van der Waals surface area contributed by atoms with Gasteiger partial charge >= 0.3 is 5.97 Å². The zero-order valence-corrected chi connectivity index (χ0v) is 14.5. The third kappa shape index (κ3) is 5.77. The fourth-order valence-electron chi connectivity index (χ4n) is 2.02. The Bertz CT molecular complexity index is 748. The molecule has 1 N–H and O–H groups in total. The Labute approximate surface area is 150 Å². The lowest BCUT2D eigenvalue weighted by Crippen LogP contribution is -2.31. The molecule has 26 heavy (non-hydrogen) atoms. The highest BCUT2D eigenvalue weighted by Gasteiger charge is 2.19. The van der Waals surface area contributed by atoms with E-state index in [2.05, 4.69) is 5.32 Å². The number of hydrogen-bond acceptors (Lipinski definition) is 5. The molecule has 138 valence electrons. The zero-order valence-electron chi connectivity index (χ0n) is 14.5. The number of rotatable bonds is 8. The molecule has 7 heteroatoms. The summed E-state index contributed by atoms with van der Waals surface area (Å²) in [6, 6.07) is 12.5. The first-order valence-corrected chi connectivity index (χ1v) is 8.10. The Balaban J connectivity index is 1.79. The molecule has 0 fully saturated rings. The van der Waals surface area contributed by atoms with E-state index in [9.17, 15) is 14.0 Å².